The Morgan fingerprint density at radius 1 is 0.939 bits per heavy atom. The molecule has 0 spiro atoms. The second kappa shape index (κ2) is 9.32. The molecule has 1 aromatic heterocycles. The third kappa shape index (κ3) is 4.39. The first-order valence-electron chi connectivity index (χ1n) is 10.8. The van der Waals surface area contributed by atoms with Crippen LogP contribution in [0.3, 0.4) is 0 Å². The van der Waals surface area contributed by atoms with Crippen LogP contribution in [-0.4, -0.2) is 42.9 Å². The van der Waals surface area contributed by atoms with Crippen molar-refractivity contribution >= 4 is 17.8 Å². The van der Waals surface area contributed by atoms with Crippen molar-refractivity contribution in [3.8, 4) is 0 Å². The second-order valence-corrected chi connectivity index (χ2v) is 8.42. The molecular formula is C24H25N5O4. The van der Waals surface area contributed by atoms with E-state index in [2.05, 4.69) is 15.5 Å². The van der Waals surface area contributed by atoms with Crippen LogP contribution in [0.5, 0.6) is 0 Å². The smallest absolute Gasteiger partial charge is 0.331 e. The van der Waals surface area contributed by atoms with Gasteiger partial charge in [-0.2, -0.15) is 0 Å². The van der Waals surface area contributed by atoms with Gasteiger partial charge in [-0.15, -0.1) is 5.10 Å². The van der Waals surface area contributed by atoms with Crippen molar-refractivity contribution in [2.24, 2.45) is 5.92 Å². The molecule has 0 radical (unpaired) electrons. The topological polar surface area (TPSA) is 107 Å². The Balaban J connectivity index is 1.60. The lowest BCUT2D eigenvalue weighted by Crippen LogP contribution is -2.37. The fourth-order valence-electron chi connectivity index (χ4n) is 3.91. The molecule has 170 valence electrons. The normalized spacial score (nSPS) is 15.0. The molecule has 0 saturated carbocycles. The number of carbonyl (C=O) groups is 3. The zero-order chi connectivity index (χ0) is 23.5. The summed E-state index contributed by atoms with van der Waals surface area (Å²) in [6.07, 6.45) is 0.442. The minimum Gasteiger partial charge on any atom is -0.459 e. The van der Waals surface area contributed by atoms with Crippen LogP contribution in [0.1, 0.15) is 71.4 Å². The van der Waals surface area contributed by atoms with E-state index in [9.17, 15) is 14.4 Å². The zero-order valence-corrected chi connectivity index (χ0v) is 18.7. The monoisotopic (exact) mass is 447 g/mol. The highest BCUT2D eigenvalue weighted by molar-refractivity contribution is 6.21. The first-order chi connectivity index (χ1) is 15.9. The Morgan fingerprint density at radius 3 is 2.15 bits per heavy atom. The van der Waals surface area contributed by atoms with E-state index in [0.29, 0.717) is 17.5 Å². The minimum absolute atomic E-state index is 0.120. The van der Waals surface area contributed by atoms with Crippen molar-refractivity contribution in [3.63, 3.8) is 0 Å². The maximum Gasteiger partial charge on any atom is 0.331 e. The fourth-order valence-corrected chi connectivity index (χ4v) is 3.91. The molecule has 0 fully saturated rings. The van der Waals surface area contributed by atoms with Gasteiger partial charge in [0.05, 0.1) is 11.1 Å². The summed E-state index contributed by atoms with van der Waals surface area (Å²) >= 11 is 0. The number of imide groups is 1. The molecule has 1 aliphatic heterocycles. The maximum absolute atomic E-state index is 13.1. The molecule has 2 aromatic carbocycles. The number of hydrogen-bond donors (Lipinski definition) is 0. The number of carbonyl (C=O) groups excluding carboxylic acids is 3. The average Bonchev–Trinajstić information content (AvgIpc) is 3.40. The molecule has 2 amide bonds. The van der Waals surface area contributed by atoms with Crippen LogP contribution in [0.15, 0.2) is 54.6 Å². The number of rotatable bonds is 8. The van der Waals surface area contributed by atoms with Crippen molar-refractivity contribution in [2.75, 3.05) is 0 Å². The predicted octanol–water partition coefficient (Wildman–Crippen LogP) is 3.36. The molecule has 1 aliphatic rings. The molecule has 0 saturated heterocycles. The number of amides is 2. The van der Waals surface area contributed by atoms with Gasteiger partial charge in [0.25, 0.3) is 11.8 Å². The highest BCUT2D eigenvalue weighted by atomic mass is 16.5. The van der Waals surface area contributed by atoms with Gasteiger partial charge in [-0.05, 0) is 47.4 Å². The van der Waals surface area contributed by atoms with Gasteiger partial charge in [0.1, 0.15) is 12.6 Å². The first-order valence-corrected chi connectivity index (χ1v) is 10.8. The largest absolute Gasteiger partial charge is 0.459 e. The fraction of sp³-hybridized carbons (Fsp3) is 0.333. The van der Waals surface area contributed by atoms with Crippen LogP contribution >= 0.6 is 0 Å². The van der Waals surface area contributed by atoms with Gasteiger partial charge < -0.3 is 4.74 Å². The van der Waals surface area contributed by atoms with E-state index in [4.69, 9.17) is 4.74 Å². The van der Waals surface area contributed by atoms with E-state index in [0.717, 1.165) is 5.56 Å². The number of ether oxygens (including phenoxy) is 1. The molecular weight excluding hydrogens is 422 g/mol. The molecule has 9 heteroatoms. The standard InChI is InChI=1S/C24H25N5O4/c1-15(2)13-20(28-22(30)18-11-7-8-12-19(18)23(28)31)21-25-26-27-29(21)16(3)24(32)33-14-17-9-5-4-6-10-17/h4-12,15-16,20H,13-14H2,1-3H3. The number of esters is 1. The van der Waals surface area contributed by atoms with E-state index < -0.39 is 29.9 Å². The van der Waals surface area contributed by atoms with Crippen molar-refractivity contribution < 1.29 is 19.1 Å². The summed E-state index contributed by atoms with van der Waals surface area (Å²) in [6.45, 7) is 5.71. The van der Waals surface area contributed by atoms with E-state index in [1.807, 2.05) is 44.2 Å². The molecule has 2 atom stereocenters. The lowest BCUT2D eigenvalue weighted by atomic mass is 10.0. The van der Waals surface area contributed by atoms with Gasteiger partial charge in [-0.25, -0.2) is 9.48 Å². The number of nitrogens with zero attached hydrogens (tertiary/aromatic N) is 5. The summed E-state index contributed by atoms with van der Waals surface area (Å²) in [5, 5.41) is 11.9. The van der Waals surface area contributed by atoms with Crippen LogP contribution in [0.4, 0.5) is 0 Å². The molecule has 4 rings (SSSR count). The summed E-state index contributed by atoms with van der Waals surface area (Å²) in [7, 11) is 0. The predicted molar refractivity (Wildman–Crippen MR) is 118 cm³/mol. The third-order valence-corrected chi connectivity index (χ3v) is 5.58. The quantitative estimate of drug-likeness (QED) is 0.385. The average molecular weight is 447 g/mol. The molecule has 33 heavy (non-hydrogen) atoms. The summed E-state index contributed by atoms with van der Waals surface area (Å²) in [5.41, 5.74) is 1.56. The van der Waals surface area contributed by atoms with E-state index in [-0.39, 0.29) is 18.3 Å². The molecule has 2 heterocycles. The van der Waals surface area contributed by atoms with Gasteiger partial charge >= 0.3 is 5.97 Å². The van der Waals surface area contributed by atoms with Crippen molar-refractivity contribution in [1.82, 2.24) is 25.1 Å². The Bertz CT molecular complexity index is 1140. The Hall–Kier alpha value is -3.88. The number of hydrogen-bond acceptors (Lipinski definition) is 7. The molecule has 0 N–H and O–H groups in total. The van der Waals surface area contributed by atoms with Crippen LogP contribution in [0.2, 0.25) is 0 Å². The van der Waals surface area contributed by atoms with Crippen LogP contribution < -0.4 is 0 Å². The number of fused-ring (bicyclic) bond motifs is 1. The Kier molecular flexibility index (Phi) is 6.30. The maximum atomic E-state index is 13.1. The van der Waals surface area contributed by atoms with Crippen LogP contribution in [-0.2, 0) is 16.1 Å². The summed E-state index contributed by atoms with van der Waals surface area (Å²) in [6, 6.07) is 14.5. The van der Waals surface area contributed by atoms with Gasteiger partial charge in [-0.3, -0.25) is 14.5 Å². The lowest BCUT2D eigenvalue weighted by Gasteiger charge is -2.27. The summed E-state index contributed by atoms with van der Waals surface area (Å²) in [5.74, 6) is -0.907. The minimum atomic E-state index is -0.844. The molecule has 0 bridgehead atoms. The molecule has 3 aromatic rings. The zero-order valence-electron chi connectivity index (χ0n) is 18.7. The van der Waals surface area contributed by atoms with Gasteiger partial charge in [0.15, 0.2) is 11.9 Å². The number of aromatic nitrogens is 4. The van der Waals surface area contributed by atoms with E-state index in [1.54, 1.807) is 31.2 Å². The summed E-state index contributed by atoms with van der Waals surface area (Å²) < 4.78 is 6.78. The molecule has 9 nitrogen and oxygen atoms in total. The lowest BCUT2D eigenvalue weighted by molar-refractivity contribution is -0.148. The number of benzene rings is 2. The van der Waals surface area contributed by atoms with Crippen molar-refractivity contribution in [3.05, 3.63) is 77.1 Å². The third-order valence-electron chi connectivity index (χ3n) is 5.58. The van der Waals surface area contributed by atoms with Crippen LogP contribution in [0.25, 0.3) is 0 Å². The van der Waals surface area contributed by atoms with Crippen molar-refractivity contribution in [1.29, 1.82) is 0 Å². The number of tetrazole rings is 1. The SMILES string of the molecule is CC(C)CC(c1nnnn1C(C)C(=O)OCc1ccccc1)N1C(=O)c2ccccc2C1=O. The van der Waals surface area contributed by atoms with E-state index in [1.165, 1.54) is 9.58 Å². The van der Waals surface area contributed by atoms with Gasteiger partial charge in [0, 0.05) is 0 Å². The van der Waals surface area contributed by atoms with Crippen LogP contribution in [0, 0.1) is 5.92 Å². The highest BCUT2D eigenvalue weighted by Crippen LogP contribution is 2.35. The molecule has 0 aliphatic carbocycles. The summed E-state index contributed by atoms with van der Waals surface area (Å²) in [4.78, 5) is 40.2. The highest BCUT2D eigenvalue weighted by Gasteiger charge is 2.43. The second-order valence-electron chi connectivity index (χ2n) is 8.42. The molecule has 2 unspecified atom stereocenters. The first kappa shape index (κ1) is 22.3. The Morgan fingerprint density at radius 2 is 1.55 bits per heavy atom. The van der Waals surface area contributed by atoms with Gasteiger partial charge in [-0.1, -0.05) is 56.3 Å². The van der Waals surface area contributed by atoms with E-state index >= 15 is 0 Å². The van der Waals surface area contributed by atoms with Crippen molar-refractivity contribution in [2.45, 2.75) is 45.9 Å². The van der Waals surface area contributed by atoms with Gasteiger partial charge in [0.2, 0.25) is 0 Å². The Labute approximate surface area is 191 Å².